The second-order valence-corrected chi connectivity index (χ2v) is 6.92. The van der Waals surface area contributed by atoms with E-state index in [0.717, 1.165) is 22.7 Å². The molecule has 0 aliphatic rings. The molecule has 0 spiro atoms. The predicted octanol–water partition coefficient (Wildman–Crippen LogP) is 7.48. The summed E-state index contributed by atoms with van der Waals surface area (Å²) in [5.41, 5.74) is 4.31. The van der Waals surface area contributed by atoms with Crippen LogP contribution in [0.1, 0.15) is 0 Å². The third-order valence-electron chi connectivity index (χ3n) is 4.97. The average Bonchev–Trinajstić information content (AvgIpc) is 2.74. The van der Waals surface area contributed by atoms with Gasteiger partial charge in [0, 0.05) is 28.1 Å². The number of anilines is 4. The summed E-state index contributed by atoms with van der Waals surface area (Å²) in [5.74, 6) is 0. The van der Waals surface area contributed by atoms with Crippen LogP contribution in [-0.4, -0.2) is 0 Å². The van der Waals surface area contributed by atoms with Crippen LogP contribution in [-0.2, 0) is 0 Å². The van der Waals surface area contributed by atoms with Gasteiger partial charge in [0.1, 0.15) is 0 Å². The van der Waals surface area contributed by atoms with Crippen molar-refractivity contribution in [2.75, 3.05) is 10.6 Å². The maximum atomic E-state index is 3.56. The summed E-state index contributed by atoms with van der Waals surface area (Å²) < 4.78 is 0. The molecule has 2 heteroatoms. The highest BCUT2D eigenvalue weighted by Gasteiger charge is 2.03. The first-order chi connectivity index (χ1) is 13.8. The zero-order chi connectivity index (χ0) is 18.8. The number of fused-ring (bicyclic) bond motifs is 2. The van der Waals surface area contributed by atoms with E-state index in [9.17, 15) is 0 Å². The highest BCUT2D eigenvalue weighted by molar-refractivity contribution is 5.95. The fraction of sp³-hybridized carbons (Fsp3) is 0. The number of hydrogen-bond donors (Lipinski definition) is 2. The molecule has 0 radical (unpaired) electrons. The van der Waals surface area contributed by atoms with Crippen LogP contribution in [0.15, 0.2) is 109 Å². The molecular formula is C26H20N2. The molecule has 5 aromatic rings. The van der Waals surface area contributed by atoms with Gasteiger partial charge in [-0.1, -0.05) is 72.8 Å². The molecule has 0 saturated heterocycles. The SMILES string of the molecule is c1cc(Nc2ccc3ccccc3c2)cc(Nc2cccc3ccccc23)c1. The van der Waals surface area contributed by atoms with Gasteiger partial charge in [0.05, 0.1) is 0 Å². The Morgan fingerprint density at radius 2 is 1.04 bits per heavy atom. The van der Waals surface area contributed by atoms with Gasteiger partial charge < -0.3 is 10.6 Å². The summed E-state index contributed by atoms with van der Waals surface area (Å²) in [4.78, 5) is 0. The summed E-state index contributed by atoms with van der Waals surface area (Å²) in [6.45, 7) is 0. The predicted molar refractivity (Wildman–Crippen MR) is 121 cm³/mol. The largest absolute Gasteiger partial charge is 0.355 e. The highest BCUT2D eigenvalue weighted by Crippen LogP contribution is 2.28. The van der Waals surface area contributed by atoms with Crippen molar-refractivity contribution < 1.29 is 0 Å². The number of nitrogens with one attached hydrogen (secondary N) is 2. The zero-order valence-corrected chi connectivity index (χ0v) is 15.4. The van der Waals surface area contributed by atoms with Gasteiger partial charge in [0.25, 0.3) is 0 Å². The smallest absolute Gasteiger partial charge is 0.0463 e. The lowest BCUT2D eigenvalue weighted by Gasteiger charge is -2.12. The summed E-state index contributed by atoms with van der Waals surface area (Å²) in [6.07, 6.45) is 0. The van der Waals surface area contributed by atoms with E-state index in [1.165, 1.54) is 21.5 Å². The second-order valence-electron chi connectivity index (χ2n) is 6.92. The summed E-state index contributed by atoms with van der Waals surface area (Å²) in [5, 5.41) is 12.0. The molecule has 5 aromatic carbocycles. The van der Waals surface area contributed by atoms with Crippen LogP contribution in [0.25, 0.3) is 21.5 Å². The van der Waals surface area contributed by atoms with E-state index in [1.54, 1.807) is 0 Å². The fourth-order valence-electron chi connectivity index (χ4n) is 3.60. The van der Waals surface area contributed by atoms with Gasteiger partial charge in [-0.25, -0.2) is 0 Å². The van der Waals surface area contributed by atoms with E-state index in [1.807, 2.05) is 0 Å². The summed E-state index contributed by atoms with van der Waals surface area (Å²) in [7, 11) is 0. The normalized spacial score (nSPS) is 10.9. The molecule has 0 atom stereocenters. The molecule has 0 aromatic heterocycles. The molecule has 0 aliphatic heterocycles. The zero-order valence-electron chi connectivity index (χ0n) is 15.4. The third kappa shape index (κ3) is 3.28. The van der Waals surface area contributed by atoms with Gasteiger partial charge in [-0.3, -0.25) is 0 Å². The van der Waals surface area contributed by atoms with Crippen molar-refractivity contribution in [2.45, 2.75) is 0 Å². The van der Waals surface area contributed by atoms with Crippen LogP contribution in [0.2, 0.25) is 0 Å². The molecule has 0 saturated carbocycles. The van der Waals surface area contributed by atoms with Crippen LogP contribution in [0, 0.1) is 0 Å². The van der Waals surface area contributed by atoms with Gasteiger partial charge in [-0.2, -0.15) is 0 Å². The molecule has 0 fully saturated rings. The standard InChI is InChI=1S/C26H20N2/c1-2-9-21-17-24(16-15-19(21)7-1)27-22-11-6-12-23(18-22)28-26-14-5-10-20-8-3-4-13-25(20)26/h1-18,27-28H. The third-order valence-corrected chi connectivity index (χ3v) is 4.97. The van der Waals surface area contributed by atoms with Crippen LogP contribution in [0.5, 0.6) is 0 Å². The van der Waals surface area contributed by atoms with Crippen molar-refractivity contribution >= 4 is 44.3 Å². The molecule has 0 aliphatic carbocycles. The Kier molecular flexibility index (Phi) is 4.15. The monoisotopic (exact) mass is 360 g/mol. The van der Waals surface area contributed by atoms with Crippen molar-refractivity contribution in [1.82, 2.24) is 0 Å². The maximum Gasteiger partial charge on any atom is 0.0463 e. The van der Waals surface area contributed by atoms with Crippen molar-refractivity contribution in [1.29, 1.82) is 0 Å². The first-order valence-corrected chi connectivity index (χ1v) is 9.46. The minimum Gasteiger partial charge on any atom is -0.355 e. The Morgan fingerprint density at radius 1 is 0.393 bits per heavy atom. The molecule has 0 amide bonds. The fourth-order valence-corrected chi connectivity index (χ4v) is 3.60. The van der Waals surface area contributed by atoms with Crippen molar-refractivity contribution in [2.24, 2.45) is 0 Å². The van der Waals surface area contributed by atoms with Crippen molar-refractivity contribution in [3.05, 3.63) is 109 Å². The maximum absolute atomic E-state index is 3.56. The topological polar surface area (TPSA) is 24.1 Å². The van der Waals surface area contributed by atoms with E-state index >= 15 is 0 Å². The lowest BCUT2D eigenvalue weighted by molar-refractivity contribution is 1.53. The Hall–Kier alpha value is -3.78. The Bertz CT molecular complexity index is 1270. The minimum atomic E-state index is 1.06. The van der Waals surface area contributed by atoms with E-state index < -0.39 is 0 Å². The van der Waals surface area contributed by atoms with Crippen LogP contribution in [0.4, 0.5) is 22.7 Å². The lowest BCUT2D eigenvalue weighted by atomic mass is 10.1. The quantitative estimate of drug-likeness (QED) is 0.347. The van der Waals surface area contributed by atoms with Gasteiger partial charge in [-0.15, -0.1) is 0 Å². The first kappa shape index (κ1) is 16.4. The molecule has 2 nitrogen and oxygen atoms in total. The van der Waals surface area contributed by atoms with Crippen molar-refractivity contribution in [3.63, 3.8) is 0 Å². The number of benzene rings is 5. The van der Waals surface area contributed by atoms with Crippen LogP contribution in [0.3, 0.4) is 0 Å². The Morgan fingerprint density at radius 3 is 1.93 bits per heavy atom. The number of hydrogen-bond acceptors (Lipinski definition) is 2. The molecule has 134 valence electrons. The average molecular weight is 360 g/mol. The van der Waals surface area contributed by atoms with E-state index in [4.69, 9.17) is 0 Å². The van der Waals surface area contributed by atoms with Crippen LogP contribution >= 0.6 is 0 Å². The van der Waals surface area contributed by atoms with E-state index in [2.05, 4.69) is 120 Å². The van der Waals surface area contributed by atoms with Crippen molar-refractivity contribution in [3.8, 4) is 0 Å². The Labute approximate surface area is 164 Å². The second kappa shape index (κ2) is 7.09. The van der Waals surface area contributed by atoms with Gasteiger partial charge in [-0.05, 0) is 52.6 Å². The molecule has 0 unspecified atom stereocenters. The van der Waals surface area contributed by atoms with Gasteiger partial charge in [0.2, 0.25) is 0 Å². The van der Waals surface area contributed by atoms with E-state index in [-0.39, 0.29) is 0 Å². The molecule has 0 bridgehead atoms. The van der Waals surface area contributed by atoms with Crippen LogP contribution < -0.4 is 10.6 Å². The number of rotatable bonds is 4. The molecular weight excluding hydrogens is 340 g/mol. The highest BCUT2D eigenvalue weighted by atomic mass is 14.9. The lowest BCUT2D eigenvalue weighted by Crippen LogP contribution is -1.94. The summed E-state index contributed by atoms with van der Waals surface area (Å²) >= 11 is 0. The molecule has 2 N–H and O–H groups in total. The summed E-state index contributed by atoms with van der Waals surface area (Å²) in [6, 6.07) is 38.0. The first-order valence-electron chi connectivity index (χ1n) is 9.46. The molecule has 28 heavy (non-hydrogen) atoms. The van der Waals surface area contributed by atoms with E-state index in [0.29, 0.717) is 0 Å². The molecule has 5 rings (SSSR count). The molecule has 0 heterocycles. The van der Waals surface area contributed by atoms with Gasteiger partial charge in [0.15, 0.2) is 0 Å². The Balaban J connectivity index is 1.42. The van der Waals surface area contributed by atoms with Gasteiger partial charge >= 0.3 is 0 Å². The minimum absolute atomic E-state index is 1.06.